The standard InChI is InChI=1S/C21H22ClFN2O3/c1-14(28-21(27)18-10-5-15(22)13-19(18)23)20(26)24-16-6-8-17(9-7-16)25-11-3-2-4-12-25/h5-10,13-14H,2-4,11-12H2,1H3,(H,24,26)/t14-/m0/s1. The lowest BCUT2D eigenvalue weighted by Crippen LogP contribution is -2.30. The molecule has 1 amide bonds. The number of carbonyl (C=O) groups is 2. The van der Waals surface area contributed by atoms with Crippen LogP contribution in [0.2, 0.25) is 5.02 Å². The highest BCUT2D eigenvalue weighted by atomic mass is 35.5. The Labute approximate surface area is 168 Å². The molecule has 1 aliphatic heterocycles. The first-order valence-corrected chi connectivity index (χ1v) is 9.64. The minimum absolute atomic E-state index is 0.174. The second-order valence-electron chi connectivity index (χ2n) is 6.76. The molecule has 1 fully saturated rings. The predicted molar refractivity (Wildman–Crippen MR) is 107 cm³/mol. The highest BCUT2D eigenvalue weighted by Crippen LogP contribution is 2.22. The quantitative estimate of drug-likeness (QED) is 0.737. The average Bonchev–Trinajstić information content (AvgIpc) is 2.69. The molecule has 148 valence electrons. The summed E-state index contributed by atoms with van der Waals surface area (Å²) in [6.07, 6.45) is 2.57. The number of nitrogens with zero attached hydrogens (tertiary/aromatic N) is 1. The van der Waals surface area contributed by atoms with Gasteiger partial charge in [-0.2, -0.15) is 0 Å². The fraction of sp³-hybridized carbons (Fsp3) is 0.333. The monoisotopic (exact) mass is 404 g/mol. The Morgan fingerprint density at radius 3 is 2.43 bits per heavy atom. The molecule has 7 heteroatoms. The minimum Gasteiger partial charge on any atom is -0.449 e. The number of hydrogen-bond donors (Lipinski definition) is 1. The van der Waals surface area contributed by atoms with E-state index in [1.54, 1.807) is 0 Å². The number of ether oxygens (including phenoxy) is 1. The molecule has 5 nitrogen and oxygen atoms in total. The predicted octanol–water partition coefficient (Wildman–Crippen LogP) is 4.65. The molecule has 0 radical (unpaired) electrons. The summed E-state index contributed by atoms with van der Waals surface area (Å²) in [6, 6.07) is 11.2. The fourth-order valence-electron chi connectivity index (χ4n) is 3.08. The van der Waals surface area contributed by atoms with Crippen LogP contribution in [0.1, 0.15) is 36.5 Å². The molecule has 0 spiro atoms. The number of anilines is 2. The molecule has 1 atom stereocenters. The molecule has 2 aromatic rings. The number of halogens is 2. The van der Waals surface area contributed by atoms with Crippen molar-refractivity contribution in [3.05, 3.63) is 58.9 Å². The maximum atomic E-state index is 13.8. The summed E-state index contributed by atoms with van der Waals surface area (Å²) in [7, 11) is 0. The third-order valence-corrected chi connectivity index (χ3v) is 4.90. The van der Waals surface area contributed by atoms with E-state index < -0.39 is 23.8 Å². The van der Waals surface area contributed by atoms with E-state index >= 15 is 0 Å². The maximum Gasteiger partial charge on any atom is 0.341 e. The van der Waals surface area contributed by atoms with E-state index in [4.69, 9.17) is 16.3 Å². The summed E-state index contributed by atoms with van der Waals surface area (Å²) >= 11 is 5.67. The van der Waals surface area contributed by atoms with E-state index in [2.05, 4.69) is 10.2 Å². The second-order valence-corrected chi connectivity index (χ2v) is 7.19. The molecule has 0 bridgehead atoms. The van der Waals surface area contributed by atoms with Gasteiger partial charge in [0, 0.05) is 29.5 Å². The van der Waals surface area contributed by atoms with E-state index in [1.807, 2.05) is 24.3 Å². The lowest BCUT2D eigenvalue weighted by Gasteiger charge is -2.28. The number of piperidine rings is 1. The number of carbonyl (C=O) groups excluding carboxylic acids is 2. The van der Waals surface area contributed by atoms with Gasteiger partial charge in [0.1, 0.15) is 5.82 Å². The van der Waals surface area contributed by atoms with Gasteiger partial charge in [0.15, 0.2) is 6.10 Å². The Hall–Kier alpha value is -2.60. The van der Waals surface area contributed by atoms with Gasteiger partial charge >= 0.3 is 5.97 Å². The smallest absolute Gasteiger partial charge is 0.341 e. The Morgan fingerprint density at radius 2 is 1.79 bits per heavy atom. The van der Waals surface area contributed by atoms with Crippen LogP contribution >= 0.6 is 11.6 Å². The number of hydrogen-bond acceptors (Lipinski definition) is 4. The molecule has 3 rings (SSSR count). The van der Waals surface area contributed by atoms with Crippen LogP contribution in [0.3, 0.4) is 0 Å². The van der Waals surface area contributed by atoms with Crippen LogP contribution in [0.25, 0.3) is 0 Å². The normalized spacial score (nSPS) is 15.0. The number of nitrogens with one attached hydrogen (secondary N) is 1. The van der Waals surface area contributed by atoms with E-state index in [9.17, 15) is 14.0 Å². The fourth-order valence-corrected chi connectivity index (χ4v) is 3.24. The first-order chi connectivity index (χ1) is 13.4. The lowest BCUT2D eigenvalue weighted by molar-refractivity contribution is -0.123. The molecular weight excluding hydrogens is 383 g/mol. The Balaban J connectivity index is 1.56. The van der Waals surface area contributed by atoms with Crippen LogP contribution in [0.5, 0.6) is 0 Å². The lowest BCUT2D eigenvalue weighted by atomic mass is 10.1. The van der Waals surface area contributed by atoms with Crippen LogP contribution in [-0.4, -0.2) is 31.1 Å². The molecule has 0 saturated carbocycles. The minimum atomic E-state index is -1.08. The van der Waals surface area contributed by atoms with Gasteiger partial charge in [0.2, 0.25) is 0 Å². The van der Waals surface area contributed by atoms with E-state index in [1.165, 1.54) is 38.3 Å². The van der Waals surface area contributed by atoms with Crippen molar-refractivity contribution in [2.75, 3.05) is 23.3 Å². The van der Waals surface area contributed by atoms with Crippen molar-refractivity contribution in [1.82, 2.24) is 0 Å². The molecule has 0 unspecified atom stereocenters. The Morgan fingerprint density at radius 1 is 1.11 bits per heavy atom. The summed E-state index contributed by atoms with van der Waals surface area (Å²) < 4.78 is 18.9. The van der Waals surface area contributed by atoms with Gasteiger partial charge in [-0.1, -0.05) is 11.6 Å². The Bertz CT molecular complexity index is 851. The topological polar surface area (TPSA) is 58.6 Å². The summed E-state index contributed by atoms with van der Waals surface area (Å²) in [6.45, 7) is 3.52. The van der Waals surface area contributed by atoms with E-state index in [0.717, 1.165) is 24.8 Å². The van der Waals surface area contributed by atoms with Gasteiger partial charge in [-0.15, -0.1) is 0 Å². The molecule has 0 aliphatic carbocycles. The van der Waals surface area contributed by atoms with Crippen molar-refractivity contribution in [2.45, 2.75) is 32.3 Å². The SMILES string of the molecule is C[C@H](OC(=O)c1ccc(Cl)cc1F)C(=O)Nc1ccc(N2CCCCC2)cc1. The summed E-state index contributed by atoms with van der Waals surface area (Å²) in [5, 5.41) is 2.88. The van der Waals surface area contributed by atoms with Gasteiger partial charge in [0.05, 0.1) is 5.56 Å². The molecule has 1 aliphatic rings. The van der Waals surface area contributed by atoms with Crippen LogP contribution in [0.15, 0.2) is 42.5 Å². The highest BCUT2D eigenvalue weighted by Gasteiger charge is 2.21. The zero-order valence-electron chi connectivity index (χ0n) is 15.6. The Kier molecular flexibility index (Phi) is 6.52. The van der Waals surface area contributed by atoms with Gasteiger partial charge < -0.3 is 15.0 Å². The molecule has 28 heavy (non-hydrogen) atoms. The highest BCUT2D eigenvalue weighted by molar-refractivity contribution is 6.30. The molecular formula is C21H22ClFN2O3. The summed E-state index contributed by atoms with van der Waals surface area (Å²) in [5.74, 6) is -2.20. The number of rotatable bonds is 5. The maximum absolute atomic E-state index is 13.8. The van der Waals surface area contributed by atoms with Crippen LogP contribution < -0.4 is 10.2 Å². The molecule has 0 aromatic heterocycles. The molecule has 2 aromatic carbocycles. The zero-order valence-corrected chi connectivity index (χ0v) is 16.3. The summed E-state index contributed by atoms with van der Waals surface area (Å²) in [4.78, 5) is 26.7. The van der Waals surface area contributed by atoms with Crippen molar-refractivity contribution >= 4 is 34.9 Å². The van der Waals surface area contributed by atoms with Crippen LogP contribution in [-0.2, 0) is 9.53 Å². The van der Waals surface area contributed by atoms with Crippen LogP contribution in [0, 0.1) is 5.82 Å². The van der Waals surface area contributed by atoms with Crippen molar-refractivity contribution in [2.24, 2.45) is 0 Å². The number of benzene rings is 2. The van der Waals surface area contributed by atoms with Crippen molar-refractivity contribution < 1.29 is 18.7 Å². The number of esters is 1. The van der Waals surface area contributed by atoms with Crippen molar-refractivity contribution in [3.8, 4) is 0 Å². The van der Waals surface area contributed by atoms with Crippen molar-refractivity contribution in [1.29, 1.82) is 0 Å². The zero-order chi connectivity index (χ0) is 20.1. The number of amides is 1. The van der Waals surface area contributed by atoms with Gasteiger partial charge in [-0.05, 0) is 68.7 Å². The van der Waals surface area contributed by atoms with Gasteiger partial charge in [-0.25, -0.2) is 9.18 Å². The first kappa shape index (κ1) is 20.1. The molecule has 1 saturated heterocycles. The van der Waals surface area contributed by atoms with Gasteiger partial charge in [-0.3, -0.25) is 4.79 Å². The third kappa shape index (κ3) is 5.01. The molecule has 1 N–H and O–H groups in total. The van der Waals surface area contributed by atoms with Gasteiger partial charge in [0.25, 0.3) is 5.91 Å². The molecule has 1 heterocycles. The van der Waals surface area contributed by atoms with Crippen molar-refractivity contribution in [3.63, 3.8) is 0 Å². The average molecular weight is 405 g/mol. The second kappa shape index (κ2) is 9.06. The van der Waals surface area contributed by atoms with E-state index in [0.29, 0.717) is 5.69 Å². The van der Waals surface area contributed by atoms with E-state index in [-0.39, 0.29) is 10.6 Å². The first-order valence-electron chi connectivity index (χ1n) is 9.26. The third-order valence-electron chi connectivity index (χ3n) is 4.66. The van der Waals surface area contributed by atoms with Crippen LogP contribution in [0.4, 0.5) is 15.8 Å². The summed E-state index contributed by atoms with van der Waals surface area (Å²) in [5.41, 5.74) is 1.46. The largest absolute Gasteiger partial charge is 0.449 e.